The Hall–Kier alpha value is -3.74. The van der Waals surface area contributed by atoms with Gasteiger partial charge in [-0.3, -0.25) is 9.59 Å². The van der Waals surface area contributed by atoms with Crippen LogP contribution >= 0.6 is 0 Å². The molecule has 0 radical (unpaired) electrons. The summed E-state index contributed by atoms with van der Waals surface area (Å²) < 4.78 is 5.33. The van der Waals surface area contributed by atoms with E-state index in [0.717, 1.165) is 11.3 Å². The van der Waals surface area contributed by atoms with Crippen LogP contribution in [0.2, 0.25) is 0 Å². The van der Waals surface area contributed by atoms with E-state index in [2.05, 4.69) is 20.8 Å². The number of carbonyl (C=O) groups is 2. The molecule has 3 aromatic rings. The van der Waals surface area contributed by atoms with Crippen molar-refractivity contribution in [1.82, 2.24) is 10.2 Å². The molecular formula is C21H20N4O3. The summed E-state index contributed by atoms with van der Waals surface area (Å²) >= 11 is 0. The molecule has 2 aromatic carbocycles. The normalized spacial score (nSPS) is 10.2. The van der Waals surface area contributed by atoms with Crippen molar-refractivity contribution < 1.29 is 14.3 Å². The maximum Gasteiger partial charge on any atom is 0.276 e. The molecule has 1 heterocycles. The fourth-order valence-electron chi connectivity index (χ4n) is 2.59. The Morgan fingerprint density at radius 1 is 1.00 bits per heavy atom. The molecule has 0 bridgehead atoms. The van der Waals surface area contributed by atoms with E-state index in [4.69, 9.17) is 4.74 Å². The molecule has 0 spiro atoms. The third-order valence-corrected chi connectivity index (χ3v) is 4.04. The van der Waals surface area contributed by atoms with Gasteiger partial charge in [0.15, 0.2) is 17.3 Å². The molecule has 28 heavy (non-hydrogen) atoms. The van der Waals surface area contributed by atoms with Crippen molar-refractivity contribution in [2.24, 2.45) is 0 Å². The average molecular weight is 376 g/mol. The van der Waals surface area contributed by atoms with Crippen LogP contribution in [0, 0.1) is 6.92 Å². The topological polar surface area (TPSA) is 93.2 Å². The molecule has 0 saturated heterocycles. The Morgan fingerprint density at radius 2 is 1.82 bits per heavy atom. The molecule has 1 amide bonds. The summed E-state index contributed by atoms with van der Waals surface area (Å²) in [5.74, 6) is 0.685. The molecule has 7 nitrogen and oxygen atoms in total. The molecule has 2 N–H and O–H groups in total. The molecule has 3 rings (SSSR count). The largest absolute Gasteiger partial charge is 0.495 e. The molecule has 0 fully saturated rings. The number of amides is 1. The third kappa shape index (κ3) is 4.50. The Bertz CT molecular complexity index is 1020. The SMILES string of the molecule is COc1ccc(C)cc1Nc1ccc(C(=O)Nc2cccc(C(C)=O)c2)nn1. The molecule has 0 aliphatic heterocycles. The number of ketones is 1. The van der Waals surface area contributed by atoms with Gasteiger partial charge >= 0.3 is 0 Å². The number of Topliss-reactive ketones (excluding diaryl/α,β-unsaturated/α-hetero) is 1. The molecule has 0 unspecified atom stereocenters. The number of benzene rings is 2. The minimum Gasteiger partial charge on any atom is -0.495 e. The predicted octanol–water partition coefficient (Wildman–Crippen LogP) is 3.99. The van der Waals surface area contributed by atoms with Crippen molar-refractivity contribution >= 4 is 28.9 Å². The number of methoxy groups -OCH3 is 1. The average Bonchev–Trinajstić information content (AvgIpc) is 2.69. The van der Waals surface area contributed by atoms with Crippen LogP contribution in [0.1, 0.15) is 33.3 Å². The highest BCUT2D eigenvalue weighted by Gasteiger charge is 2.11. The second-order valence-electron chi connectivity index (χ2n) is 6.22. The van der Waals surface area contributed by atoms with Crippen LogP contribution in [0.4, 0.5) is 17.2 Å². The van der Waals surface area contributed by atoms with Gasteiger partial charge in [0.2, 0.25) is 0 Å². The van der Waals surface area contributed by atoms with Crippen LogP contribution in [0.3, 0.4) is 0 Å². The van der Waals surface area contributed by atoms with E-state index >= 15 is 0 Å². The summed E-state index contributed by atoms with van der Waals surface area (Å²) in [6.45, 7) is 3.45. The Morgan fingerprint density at radius 3 is 2.50 bits per heavy atom. The van der Waals surface area contributed by atoms with Gasteiger partial charge in [0.25, 0.3) is 5.91 Å². The zero-order chi connectivity index (χ0) is 20.1. The van der Waals surface area contributed by atoms with Crippen molar-refractivity contribution in [2.45, 2.75) is 13.8 Å². The number of rotatable bonds is 6. The van der Waals surface area contributed by atoms with E-state index < -0.39 is 5.91 Å². The number of aryl methyl sites for hydroxylation is 1. The molecule has 0 saturated carbocycles. The van der Waals surface area contributed by atoms with Gasteiger partial charge in [-0.05, 0) is 55.8 Å². The molecule has 1 aromatic heterocycles. The van der Waals surface area contributed by atoms with Gasteiger partial charge in [-0.2, -0.15) is 0 Å². The van der Waals surface area contributed by atoms with E-state index in [0.29, 0.717) is 22.8 Å². The first-order valence-electron chi connectivity index (χ1n) is 8.64. The number of hydrogen-bond donors (Lipinski definition) is 2. The zero-order valence-electron chi connectivity index (χ0n) is 15.8. The lowest BCUT2D eigenvalue weighted by atomic mass is 10.1. The molecule has 0 atom stereocenters. The first-order chi connectivity index (χ1) is 13.5. The first kappa shape index (κ1) is 19.0. The fourth-order valence-corrected chi connectivity index (χ4v) is 2.59. The van der Waals surface area contributed by atoms with E-state index in [1.807, 2.05) is 25.1 Å². The van der Waals surface area contributed by atoms with E-state index in [1.54, 1.807) is 43.5 Å². The summed E-state index contributed by atoms with van der Waals surface area (Å²) in [4.78, 5) is 23.8. The molecule has 142 valence electrons. The van der Waals surface area contributed by atoms with E-state index in [1.165, 1.54) is 6.92 Å². The highest BCUT2D eigenvalue weighted by Crippen LogP contribution is 2.27. The van der Waals surface area contributed by atoms with Gasteiger partial charge < -0.3 is 15.4 Å². The lowest BCUT2D eigenvalue weighted by molar-refractivity contribution is 0.100. The maximum absolute atomic E-state index is 12.4. The highest BCUT2D eigenvalue weighted by molar-refractivity contribution is 6.03. The summed E-state index contributed by atoms with van der Waals surface area (Å²) in [5.41, 5.74) is 3.03. The Kier molecular flexibility index (Phi) is 5.64. The fraction of sp³-hybridized carbons (Fsp3) is 0.143. The first-order valence-corrected chi connectivity index (χ1v) is 8.64. The van der Waals surface area contributed by atoms with Crippen LogP contribution < -0.4 is 15.4 Å². The summed E-state index contributed by atoms with van der Waals surface area (Å²) in [7, 11) is 1.59. The number of carbonyl (C=O) groups excluding carboxylic acids is 2. The molecule has 0 aliphatic rings. The third-order valence-electron chi connectivity index (χ3n) is 4.04. The number of hydrogen-bond acceptors (Lipinski definition) is 6. The smallest absolute Gasteiger partial charge is 0.276 e. The van der Waals surface area contributed by atoms with Crippen molar-refractivity contribution in [2.75, 3.05) is 17.7 Å². The maximum atomic E-state index is 12.4. The second kappa shape index (κ2) is 8.30. The van der Waals surface area contributed by atoms with Crippen LogP contribution in [0.5, 0.6) is 5.75 Å². The lowest BCUT2D eigenvalue weighted by Crippen LogP contribution is -2.15. The van der Waals surface area contributed by atoms with Gasteiger partial charge in [0.05, 0.1) is 12.8 Å². The lowest BCUT2D eigenvalue weighted by Gasteiger charge is -2.11. The number of nitrogens with one attached hydrogen (secondary N) is 2. The summed E-state index contributed by atoms with van der Waals surface area (Å²) in [6.07, 6.45) is 0. The summed E-state index contributed by atoms with van der Waals surface area (Å²) in [6, 6.07) is 15.7. The van der Waals surface area contributed by atoms with Crippen molar-refractivity contribution in [3.63, 3.8) is 0 Å². The quantitative estimate of drug-likeness (QED) is 0.632. The Balaban J connectivity index is 1.72. The Labute approximate surface area is 162 Å². The van der Waals surface area contributed by atoms with Crippen LogP contribution in [0.15, 0.2) is 54.6 Å². The van der Waals surface area contributed by atoms with Crippen LogP contribution in [-0.4, -0.2) is 29.0 Å². The standard InChI is InChI=1S/C21H20N4O3/c1-13-7-9-19(28-3)18(11-13)23-20-10-8-17(24-25-20)21(27)22-16-6-4-5-15(12-16)14(2)26/h4-12H,1-3H3,(H,22,27)(H,23,25). The molecule has 7 heteroatoms. The zero-order valence-corrected chi connectivity index (χ0v) is 15.8. The van der Waals surface area contributed by atoms with E-state index in [9.17, 15) is 9.59 Å². The minimum absolute atomic E-state index is 0.0714. The number of ether oxygens (including phenoxy) is 1. The minimum atomic E-state index is -0.409. The van der Waals surface area contributed by atoms with Crippen molar-refractivity contribution in [3.8, 4) is 5.75 Å². The van der Waals surface area contributed by atoms with Crippen molar-refractivity contribution in [3.05, 3.63) is 71.4 Å². The summed E-state index contributed by atoms with van der Waals surface area (Å²) in [5, 5.41) is 13.9. The number of anilines is 3. The molecule has 0 aliphatic carbocycles. The van der Waals surface area contributed by atoms with Gasteiger partial charge in [-0.15, -0.1) is 10.2 Å². The van der Waals surface area contributed by atoms with Crippen LogP contribution in [0.25, 0.3) is 0 Å². The van der Waals surface area contributed by atoms with Crippen LogP contribution in [-0.2, 0) is 0 Å². The van der Waals surface area contributed by atoms with Gasteiger partial charge in [-0.25, -0.2) is 0 Å². The van der Waals surface area contributed by atoms with Gasteiger partial charge in [-0.1, -0.05) is 18.2 Å². The molecular weight excluding hydrogens is 356 g/mol. The van der Waals surface area contributed by atoms with E-state index in [-0.39, 0.29) is 11.5 Å². The van der Waals surface area contributed by atoms with Gasteiger partial charge in [0.1, 0.15) is 5.75 Å². The predicted molar refractivity (Wildman–Crippen MR) is 107 cm³/mol. The highest BCUT2D eigenvalue weighted by atomic mass is 16.5. The van der Waals surface area contributed by atoms with Gasteiger partial charge in [0, 0.05) is 11.3 Å². The number of nitrogens with zero attached hydrogens (tertiary/aromatic N) is 2. The monoisotopic (exact) mass is 376 g/mol. The number of aromatic nitrogens is 2. The second-order valence-corrected chi connectivity index (χ2v) is 6.22. The van der Waals surface area contributed by atoms with Crippen molar-refractivity contribution in [1.29, 1.82) is 0 Å².